The van der Waals surface area contributed by atoms with Crippen molar-refractivity contribution in [1.29, 1.82) is 0 Å². The van der Waals surface area contributed by atoms with Crippen molar-refractivity contribution in [2.24, 2.45) is 0 Å². The molecule has 0 radical (unpaired) electrons. The number of rotatable bonds is 6. The molecule has 0 aliphatic carbocycles. The molecular weight excluding hydrogens is 376 g/mol. The molecule has 4 rings (SSSR count). The smallest absolute Gasteiger partial charge is 0.247 e. The van der Waals surface area contributed by atoms with Gasteiger partial charge in [-0.1, -0.05) is 29.5 Å². The number of hydrogen-bond acceptors (Lipinski definition) is 8. The van der Waals surface area contributed by atoms with Crippen LogP contribution in [-0.4, -0.2) is 37.5 Å². The van der Waals surface area contributed by atoms with Crippen LogP contribution in [0.3, 0.4) is 0 Å². The lowest BCUT2D eigenvalue weighted by molar-refractivity contribution is 0.415. The Labute approximate surface area is 165 Å². The Balaban J connectivity index is 1.49. The maximum absolute atomic E-state index is 5.76. The molecule has 0 fully saturated rings. The Bertz CT molecular complexity index is 1090. The van der Waals surface area contributed by atoms with E-state index in [1.165, 1.54) is 17.3 Å². The highest BCUT2D eigenvalue weighted by molar-refractivity contribution is 7.98. The minimum absolute atomic E-state index is 0.465. The van der Waals surface area contributed by atoms with E-state index in [1.807, 2.05) is 43.3 Å². The van der Waals surface area contributed by atoms with E-state index in [9.17, 15) is 0 Å². The fourth-order valence-electron chi connectivity index (χ4n) is 2.75. The molecule has 28 heavy (non-hydrogen) atoms. The second-order valence-corrected chi connectivity index (χ2v) is 7.12. The van der Waals surface area contributed by atoms with Crippen LogP contribution >= 0.6 is 11.8 Å². The van der Waals surface area contributed by atoms with E-state index < -0.39 is 0 Å². The molecule has 0 amide bonds. The van der Waals surface area contributed by atoms with Gasteiger partial charge >= 0.3 is 0 Å². The van der Waals surface area contributed by atoms with Gasteiger partial charge in [0.2, 0.25) is 16.9 Å². The monoisotopic (exact) mass is 394 g/mol. The molecule has 142 valence electrons. The molecule has 2 aromatic carbocycles. The lowest BCUT2D eigenvalue weighted by atomic mass is 10.1. The number of aromatic nitrogens is 6. The number of nitrogens with zero attached hydrogens (tertiary/aromatic N) is 6. The van der Waals surface area contributed by atoms with Crippen molar-refractivity contribution >= 4 is 11.8 Å². The second kappa shape index (κ2) is 7.81. The van der Waals surface area contributed by atoms with Gasteiger partial charge in [-0.2, -0.15) is 4.68 Å². The molecule has 0 atom stereocenters. The first kappa shape index (κ1) is 18.2. The van der Waals surface area contributed by atoms with Gasteiger partial charge in [0.1, 0.15) is 5.75 Å². The highest BCUT2D eigenvalue weighted by atomic mass is 32.2. The summed E-state index contributed by atoms with van der Waals surface area (Å²) in [5.74, 6) is 2.21. The normalized spacial score (nSPS) is 11.0. The maximum atomic E-state index is 5.76. The summed E-state index contributed by atoms with van der Waals surface area (Å²) < 4.78 is 12.6. The van der Waals surface area contributed by atoms with Crippen molar-refractivity contribution in [3.8, 4) is 22.9 Å². The maximum Gasteiger partial charge on any atom is 0.247 e. The van der Waals surface area contributed by atoms with Crippen LogP contribution in [0.5, 0.6) is 5.75 Å². The summed E-state index contributed by atoms with van der Waals surface area (Å²) in [5.41, 5.74) is 4.08. The summed E-state index contributed by atoms with van der Waals surface area (Å²) in [6, 6.07) is 13.6. The first-order valence-electron chi connectivity index (χ1n) is 8.59. The Morgan fingerprint density at radius 2 is 1.86 bits per heavy atom. The van der Waals surface area contributed by atoms with Crippen LogP contribution in [0.25, 0.3) is 17.1 Å². The zero-order chi connectivity index (χ0) is 19.5. The lowest BCUT2D eigenvalue weighted by Crippen LogP contribution is -2.02. The Morgan fingerprint density at radius 3 is 2.61 bits per heavy atom. The first-order valence-corrected chi connectivity index (χ1v) is 9.58. The first-order chi connectivity index (χ1) is 13.6. The quantitative estimate of drug-likeness (QED) is 0.458. The van der Waals surface area contributed by atoms with E-state index in [-0.39, 0.29) is 0 Å². The van der Waals surface area contributed by atoms with E-state index in [0.717, 1.165) is 22.6 Å². The Hall–Kier alpha value is -3.20. The molecule has 2 heterocycles. The van der Waals surface area contributed by atoms with Gasteiger partial charge in [0.05, 0.1) is 18.6 Å². The van der Waals surface area contributed by atoms with Gasteiger partial charge in [-0.25, -0.2) is 0 Å². The van der Waals surface area contributed by atoms with Gasteiger partial charge in [0, 0.05) is 5.56 Å². The third-order valence-corrected chi connectivity index (χ3v) is 5.05. The standard InChI is InChI=1S/C19H18N6O2S/c1-12-4-9-16(13(2)10-12)25-19(22-23-24-25)28-11-17-20-21-18(27-17)14-5-7-15(26-3)8-6-14/h4-10H,11H2,1-3H3. The fraction of sp³-hybridized carbons (Fsp3) is 0.211. The fourth-order valence-corrected chi connectivity index (χ4v) is 3.47. The third kappa shape index (κ3) is 3.74. The van der Waals surface area contributed by atoms with Crippen LogP contribution in [-0.2, 0) is 5.75 Å². The highest BCUT2D eigenvalue weighted by Gasteiger charge is 2.14. The van der Waals surface area contributed by atoms with Crippen LogP contribution in [0.2, 0.25) is 0 Å². The van der Waals surface area contributed by atoms with Gasteiger partial charge in [0.15, 0.2) is 0 Å². The van der Waals surface area contributed by atoms with Gasteiger partial charge in [-0.05, 0) is 60.2 Å². The second-order valence-electron chi connectivity index (χ2n) is 6.18. The molecule has 0 aliphatic rings. The van der Waals surface area contributed by atoms with E-state index in [2.05, 4.69) is 38.7 Å². The summed E-state index contributed by atoms with van der Waals surface area (Å²) in [4.78, 5) is 0. The molecule has 0 bridgehead atoms. The largest absolute Gasteiger partial charge is 0.497 e. The van der Waals surface area contributed by atoms with Crippen LogP contribution in [0, 0.1) is 13.8 Å². The van der Waals surface area contributed by atoms with E-state index in [0.29, 0.717) is 22.7 Å². The van der Waals surface area contributed by atoms with Crippen LogP contribution < -0.4 is 4.74 Å². The van der Waals surface area contributed by atoms with Gasteiger partial charge < -0.3 is 9.15 Å². The molecule has 0 saturated heterocycles. The number of hydrogen-bond donors (Lipinski definition) is 0. The minimum Gasteiger partial charge on any atom is -0.497 e. The Morgan fingerprint density at radius 1 is 1.04 bits per heavy atom. The lowest BCUT2D eigenvalue weighted by Gasteiger charge is -2.07. The minimum atomic E-state index is 0.465. The van der Waals surface area contributed by atoms with Gasteiger partial charge in [-0.3, -0.25) is 0 Å². The van der Waals surface area contributed by atoms with E-state index in [1.54, 1.807) is 11.8 Å². The molecular formula is C19H18N6O2S. The molecule has 9 heteroatoms. The van der Waals surface area contributed by atoms with Gasteiger partial charge in [0.25, 0.3) is 0 Å². The molecule has 0 N–H and O–H groups in total. The van der Waals surface area contributed by atoms with E-state index >= 15 is 0 Å². The average Bonchev–Trinajstić information content (AvgIpc) is 3.36. The summed E-state index contributed by atoms with van der Waals surface area (Å²) in [5, 5.41) is 20.9. The van der Waals surface area contributed by atoms with Crippen molar-refractivity contribution in [1.82, 2.24) is 30.4 Å². The number of ether oxygens (including phenoxy) is 1. The molecule has 8 nitrogen and oxygen atoms in total. The Kier molecular flexibility index (Phi) is 5.07. The average molecular weight is 394 g/mol. The predicted molar refractivity (Wildman–Crippen MR) is 104 cm³/mol. The number of methoxy groups -OCH3 is 1. The van der Waals surface area contributed by atoms with Crippen molar-refractivity contribution in [3.63, 3.8) is 0 Å². The molecule has 0 saturated carbocycles. The van der Waals surface area contributed by atoms with Crippen molar-refractivity contribution in [2.45, 2.75) is 24.8 Å². The molecule has 0 unspecified atom stereocenters. The van der Waals surface area contributed by atoms with Crippen LogP contribution in [0.4, 0.5) is 0 Å². The van der Waals surface area contributed by atoms with Crippen molar-refractivity contribution < 1.29 is 9.15 Å². The molecule has 0 spiro atoms. The number of aryl methyl sites for hydroxylation is 2. The SMILES string of the molecule is COc1ccc(-c2nnc(CSc3nnnn3-c3ccc(C)cc3C)o2)cc1. The van der Waals surface area contributed by atoms with Crippen LogP contribution in [0.1, 0.15) is 17.0 Å². The number of tetrazole rings is 1. The number of thioether (sulfide) groups is 1. The highest BCUT2D eigenvalue weighted by Crippen LogP contribution is 2.26. The zero-order valence-electron chi connectivity index (χ0n) is 15.7. The van der Waals surface area contributed by atoms with Crippen molar-refractivity contribution in [2.75, 3.05) is 7.11 Å². The summed E-state index contributed by atoms with van der Waals surface area (Å²) in [6.45, 7) is 4.10. The molecule has 0 aliphatic heterocycles. The van der Waals surface area contributed by atoms with Crippen molar-refractivity contribution in [3.05, 3.63) is 59.5 Å². The summed E-state index contributed by atoms with van der Waals surface area (Å²) in [6.07, 6.45) is 0. The third-order valence-electron chi connectivity index (χ3n) is 4.15. The summed E-state index contributed by atoms with van der Waals surface area (Å²) in [7, 11) is 1.63. The van der Waals surface area contributed by atoms with Crippen LogP contribution in [0.15, 0.2) is 52.0 Å². The number of benzene rings is 2. The zero-order valence-corrected chi connectivity index (χ0v) is 16.5. The topological polar surface area (TPSA) is 91.8 Å². The molecule has 4 aromatic rings. The molecule has 2 aromatic heterocycles. The van der Waals surface area contributed by atoms with E-state index in [4.69, 9.17) is 9.15 Å². The summed E-state index contributed by atoms with van der Waals surface area (Å²) >= 11 is 1.44. The predicted octanol–water partition coefficient (Wildman–Crippen LogP) is 3.63. The van der Waals surface area contributed by atoms with Gasteiger partial charge in [-0.15, -0.1) is 15.3 Å².